The first-order valence-corrected chi connectivity index (χ1v) is 7.31. The minimum Gasteiger partial charge on any atom is -0.452 e. The monoisotopic (exact) mass is 332 g/mol. The highest BCUT2D eigenvalue weighted by atomic mass is 35.5. The van der Waals surface area contributed by atoms with Crippen molar-refractivity contribution in [2.45, 2.75) is 32.7 Å². The highest BCUT2D eigenvalue weighted by Crippen LogP contribution is 2.27. The Bertz CT molecular complexity index is 535. The Morgan fingerprint density at radius 3 is 2.67 bits per heavy atom. The fraction of sp³-hybridized carbons (Fsp3) is 0.429. The lowest BCUT2D eigenvalue weighted by Crippen LogP contribution is -2.35. The molecule has 7 heteroatoms. The van der Waals surface area contributed by atoms with Gasteiger partial charge in [0.1, 0.15) is 0 Å². The summed E-state index contributed by atoms with van der Waals surface area (Å²) >= 11 is 11.6. The number of benzene rings is 1. The van der Waals surface area contributed by atoms with Gasteiger partial charge in [0.2, 0.25) is 0 Å². The van der Waals surface area contributed by atoms with Crippen LogP contribution in [0.15, 0.2) is 12.1 Å². The van der Waals surface area contributed by atoms with Gasteiger partial charge in [-0.15, -0.1) is 0 Å². The van der Waals surface area contributed by atoms with Gasteiger partial charge < -0.3 is 15.8 Å². The van der Waals surface area contributed by atoms with Gasteiger partial charge in [-0.1, -0.05) is 36.5 Å². The van der Waals surface area contributed by atoms with Gasteiger partial charge in [0.05, 0.1) is 16.3 Å². The van der Waals surface area contributed by atoms with Gasteiger partial charge in [-0.2, -0.15) is 0 Å². The van der Waals surface area contributed by atoms with Gasteiger partial charge >= 0.3 is 5.97 Å². The van der Waals surface area contributed by atoms with Gasteiger partial charge in [0.25, 0.3) is 5.91 Å². The van der Waals surface area contributed by atoms with E-state index in [0.717, 1.165) is 12.8 Å². The molecule has 3 N–H and O–H groups in total. The van der Waals surface area contributed by atoms with Crippen LogP contribution in [0.3, 0.4) is 0 Å². The fourth-order valence-electron chi connectivity index (χ4n) is 1.78. The van der Waals surface area contributed by atoms with Crippen LogP contribution in [0.4, 0.5) is 5.69 Å². The molecule has 0 radical (unpaired) electrons. The molecule has 1 amide bonds. The second-order valence-corrected chi connectivity index (χ2v) is 5.53. The smallest absolute Gasteiger partial charge is 0.340 e. The Morgan fingerprint density at radius 2 is 2.05 bits per heavy atom. The molecule has 5 nitrogen and oxygen atoms in total. The van der Waals surface area contributed by atoms with Gasteiger partial charge in [-0.3, -0.25) is 4.79 Å². The third-order valence-corrected chi connectivity index (χ3v) is 3.31. The molecule has 0 aliphatic rings. The number of esters is 1. The third-order valence-electron chi connectivity index (χ3n) is 2.78. The Balaban J connectivity index is 2.60. The van der Waals surface area contributed by atoms with Crippen LogP contribution in [-0.4, -0.2) is 24.5 Å². The van der Waals surface area contributed by atoms with E-state index < -0.39 is 5.97 Å². The second kappa shape index (κ2) is 8.10. The zero-order valence-corrected chi connectivity index (χ0v) is 13.4. The van der Waals surface area contributed by atoms with E-state index in [1.165, 1.54) is 12.1 Å². The zero-order chi connectivity index (χ0) is 16.0. The van der Waals surface area contributed by atoms with Crippen molar-refractivity contribution in [3.05, 3.63) is 27.7 Å². The molecule has 1 aromatic carbocycles. The molecular formula is C14H18Cl2N2O3. The summed E-state index contributed by atoms with van der Waals surface area (Å²) < 4.78 is 4.91. The standard InChI is InChI=1S/C14H18Cl2N2O3/c1-3-4-8(2)18-12(19)7-21-14(20)10-5-9(15)6-11(16)13(10)17/h5-6,8H,3-4,7,17H2,1-2H3,(H,18,19). The zero-order valence-electron chi connectivity index (χ0n) is 11.9. The van der Waals surface area contributed by atoms with E-state index in [1.54, 1.807) is 0 Å². The van der Waals surface area contributed by atoms with Gasteiger partial charge in [0.15, 0.2) is 6.61 Å². The van der Waals surface area contributed by atoms with Crippen molar-refractivity contribution in [3.63, 3.8) is 0 Å². The lowest BCUT2D eigenvalue weighted by atomic mass is 10.2. The van der Waals surface area contributed by atoms with Crippen LogP contribution in [0.1, 0.15) is 37.0 Å². The summed E-state index contributed by atoms with van der Waals surface area (Å²) in [5, 5.41) is 3.15. The van der Waals surface area contributed by atoms with Crippen LogP contribution in [-0.2, 0) is 9.53 Å². The SMILES string of the molecule is CCCC(C)NC(=O)COC(=O)c1cc(Cl)cc(Cl)c1N. The van der Waals surface area contributed by atoms with E-state index in [-0.39, 0.29) is 39.9 Å². The number of nitrogen functional groups attached to an aromatic ring is 1. The van der Waals surface area contributed by atoms with Crippen molar-refractivity contribution in [2.24, 2.45) is 0 Å². The maximum Gasteiger partial charge on any atom is 0.340 e. The number of halogens is 2. The number of hydrogen-bond acceptors (Lipinski definition) is 4. The number of ether oxygens (including phenoxy) is 1. The van der Waals surface area contributed by atoms with E-state index in [2.05, 4.69) is 5.32 Å². The van der Waals surface area contributed by atoms with E-state index in [9.17, 15) is 9.59 Å². The van der Waals surface area contributed by atoms with Crippen molar-refractivity contribution in [1.29, 1.82) is 0 Å². The van der Waals surface area contributed by atoms with Crippen molar-refractivity contribution in [3.8, 4) is 0 Å². The second-order valence-electron chi connectivity index (χ2n) is 4.68. The van der Waals surface area contributed by atoms with Crippen LogP contribution in [0.2, 0.25) is 10.0 Å². The van der Waals surface area contributed by atoms with Crippen LogP contribution in [0.25, 0.3) is 0 Å². The minimum absolute atomic E-state index is 0.0342. The van der Waals surface area contributed by atoms with Gasteiger partial charge in [0, 0.05) is 11.1 Å². The first-order chi connectivity index (χ1) is 9.85. The number of carbonyl (C=O) groups is 2. The number of nitrogens with one attached hydrogen (secondary N) is 1. The molecule has 0 saturated carbocycles. The molecule has 0 heterocycles. The first-order valence-electron chi connectivity index (χ1n) is 6.56. The third kappa shape index (κ3) is 5.44. The molecule has 0 spiro atoms. The minimum atomic E-state index is -0.741. The molecule has 21 heavy (non-hydrogen) atoms. The van der Waals surface area contributed by atoms with E-state index in [4.69, 9.17) is 33.7 Å². The number of rotatable bonds is 6. The summed E-state index contributed by atoms with van der Waals surface area (Å²) in [6.45, 7) is 3.53. The van der Waals surface area contributed by atoms with Crippen molar-refractivity contribution in [1.82, 2.24) is 5.32 Å². The lowest BCUT2D eigenvalue weighted by molar-refractivity contribution is -0.124. The summed E-state index contributed by atoms with van der Waals surface area (Å²) in [5.74, 6) is -1.11. The van der Waals surface area contributed by atoms with E-state index >= 15 is 0 Å². The molecule has 1 rings (SSSR count). The summed E-state index contributed by atoms with van der Waals surface area (Å²) in [7, 11) is 0. The van der Waals surface area contributed by atoms with Crippen molar-refractivity contribution >= 4 is 40.8 Å². The van der Waals surface area contributed by atoms with Gasteiger partial charge in [-0.05, 0) is 25.5 Å². The number of carbonyl (C=O) groups excluding carboxylic acids is 2. The summed E-state index contributed by atoms with van der Waals surface area (Å²) in [6, 6.07) is 2.81. The van der Waals surface area contributed by atoms with Gasteiger partial charge in [-0.25, -0.2) is 4.79 Å². The fourth-order valence-corrected chi connectivity index (χ4v) is 2.28. The molecule has 0 aliphatic carbocycles. The quantitative estimate of drug-likeness (QED) is 0.619. The highest BCUT2D eigenvalue weighted by molar-refractivity contribution is 6.37. The molecular weight excluding hydrogens is 315 g/mol. The molecule has 116 valence electrons. The average Bonchev–Trinajstić information content (AvgIpc) is 2.40. The van der Waals surface area contributed by atoms with Crippen LogP contribution < -0.4 is 11.1 Å². The number of nitrogens with two attached hydrogens (primary N) is 1. The molecule has 0 aromatic heterocycles. The number of anilines is 1. The van der Waals surface area contributed by atoms with E-state index in [1.807, 2.05) is 13.8 Å². The topological polar surface area (TPSA) is 81.4 Å². The average molecular weight is 333 g/mol. The number of amides is 1. The Labute approximate surface area is 133 Å². The molecule has 1 unspecified atom stereocenters. The Morgan fingerprint density at radius 1 is 1.38 bits per heavy atom. The van der Waals surface area contributed by atoms with Crippen molar-refractivity contribution in [2.75, 3.05) is 12.3 Å². The normalized spacial score (nSPS) is 11.8. The molecule has 1 atom stereocenters. The first kappa shape index (κ1) is 17.6. The molecule has 0 bridgehead atoms. The maximum atomic E-state index is 11.9. The van der Waals surface area contributed by atoms with E-state index in [0.29, 0.717) is 0 Å². The maximum absolute atomic E-state index is 11.9. The summed E-state index contributed by atoms with van der Waals surface area (Å²) in [4.78, 5) is 23.5. The predicted molar refractivity (Wildman–Crippen MR) is 83.7 cm³/mol. The summed E-state index contributed by atoms with van der Waals surface area (Å²) in [5.41, 5.74) is 5.81. The molecule has 1 aromatic rings. The molecule has 0 aliphatic heterocycles. The number of hydrogen-bond donors (Lipinski definition) is 2. The largest absolute Gasteiger partial charge is 0.452 e. The molecule has 0 saturated heterocycles. The van der Waals surface area contributed by atoms with Crippen LogP contribution in [0, 0.1) is 0 Å². The molecule has 0 fully saturated rings. The van der Waals surface area contributed by atoms with Crippen LogP contribution in [0.5, 0.6) is 0 Å². The highest BCUT2D eigenvalue weighted by Gasteiger charge is 2.17. The van der Waals surface area contributed by atoms with Crippen molar-refractivity contribution < 1.29 is 14.3 Å². The Hall–Kier alpha value is -1.46. The summed E-state index contributed by atoms with van der Waals surface area (Å²) in [6.07, 6.45) is 1.81. The predicted octanol–water partition coefficient (Wildman–Crippen LogP) is 3.04. The Kier molecular flexibility index (Phi) is 6.78. The van der Waals surface area contributed by atoms with Crippen LogP contribution >= 0.6 is 23.2 Å². The lowest BCUT2D eigenvalue weighted by Gasteiger charge is -2.13.